The van der Waals surface area contributed by atoms with Crippen molar-refractivity contribution in [1.82, 2.24) is 23.5 Å². The van der Waals surface area contributed by atoms with E-state index in [1.807, 2.05) is 12.3 Å². The van der Waals surface area contributed by atoms with Gasteiger partial charge in [-0.3, -0.25) is 18.5 Å². The molecule has 0 aliphatic carbocycles. The molecule has 0 fully saturated rings. The highest BCUT2D eigenvalue weighted by molar-refractivity contribution is 6.09. The standard InChI is InChI=1S/C38H25N5/c1-4-12-26(13-5-1)28-20-22-32(39-25-28)27-21-23-34-35(24-27)42(30-16-8-3-9-17-30)38-40-37-36(43(34)38)31-18-10-11-19-33(31)41(37)29-14-6-2-7-15-29/h1-25H. The van der Waals surface area contributed by atoms with Crippen molar-refractivity contribution >= 4 is 38.9 Å². The number of imidazole rings is 2. The predicted octanol–water partition coefficient (Wildman–Crippen LogP) is 9.10. The average molecular weight is 552 g/mol. The molecule has 4 aromatic heterocycles. The van der Waals surface area contributed by atoms with Gasteiger partial charge in [-0.05, 0) is 54.1 Å². The summed E-state index contributed by atoms with van der Waals surface area (Å²) < 4.78 is 6.85. The molecule has 4 heterocycles. The quantitative estimate of drug-likeness (QED) is 0.219. The topological polar surface area (TPSA) is 40.0 Å². The van der Waals surface area contributed by atoms with Crippen molar-refractivity contribution in [2.24, 2.45) is 0 Å². The number of hydrogen-bond donors (Lipinski definition) is 0. The molecule has 0 spiro atoms. The van der Waals surface area contributed by atoms with Crippen molar-refractivity contribution in [3.63, 3.8) is 0 Å². The van der Waals surface area contributed by atoms with Crippen LogP contribution < -0.4 is 0 Å². The molecule has 0 aliphatic rings. The third-order valence-corrected chi connectivity index (χ3v) is 8.31. The van der Waals surface area contributed by atoms with Crippen LogP contribution in [0, 0.1) is 0 Å². The van der Waals surface area contributed by atoms with E-state index in [1.165, 1.54) is 5.39 Å². The lowest BCUT2D eigenvalue weighted by Gasteiger charge is -2.08. The number of pyridine rings is 1. The van der Waals surface area contributed by atoms with Crippen molar-refractivity contribution in [2.45, 2.75) is 0 Å². The summed E-state index contributed by atoms with van der Waals surface area (Å²) in [6.45, 7) is 0. The van der Waals surface area contributed by atoms with Gasteiger partial charge in [-0.15, -0.1) is 0 Å². The van der Waals surface area contributed by atoms with E-state index in [9.17, 15) is 0 Å². The second-order valence-corrected chi connectivity index (χ2v) is 10.8. The maximum Gasteiger partial charge on any atom is 0.222 e. The smallest absolute Gasteiger partial charge is 0.222 e. The van der Waals surface area contributed by atoms with E-state index < -0.39 is 0 Å². The van der Waals surface area contributed by atoms with Gasteiger partial charge in [0.15, 0.2) is 5.65 Å². The first kappa shape index (κ1) is 23.7. The van der Waals surface area contributed by atoms with Gasteiger partial charge in [0.1, 0.15) is 5.52 Å². The average Bonchev–Trinajstić information content (AvgIpc) is 3.71. The van der Waals surface area contributed by atoms with Crippen LogP contribution >= 0.6 is 0 Å². The zero-order chi connectivity index (χ0) is 28.3. The van der Waals surface area contributed by atoms with Gasteiger partial charge >= 0.3 is 0 Å². The fourth-order valence-electron chi connectivity index (χ4n) is 6.35. The molecule has 0 amide bonds. The van der Waals surface area contributed by atoms with Crippen molar-refractivity contribution in [3.05, 3.63) is 152 Å². The van der Waals surface area contributed by atoms with Gasteiger partial charge < -0.3 is 0 Å². The third kappa shape index (κ3) is 3.58. The highest BCUT2D eigenvalue weighted by atomic mass is 15.2. The Morgan fingerprint density at radius 1 is 0.465 bits per heavy atom. The zero-order valence-corrected chi connectivity index (χ0v) is 23.2. The molecular formula is C38H25N5. The lowest BCUT2D eigenvalue weighted by Crippen LogP contribution is -1.97. The second-order valence-electron chi connectivity index (χ2n) is 10.8. The Labute approximate surface area is 247 Å². The lowest BCUT2D eigenvalue weighted by molar-refractivity contribution is 1.09. The van der Waals surface area contributed by atoms with Gasteiger partial charge in [-0.1, -0.05) is 97.1 Å². The molecule has 0 unspecified atom stereocenters. The van der Waals surface area contributed by atoms with E-state index in [-0.39, 0.29) is 0 Å². The van der Waals surface area contributed by atoms with Crippen LogP contribution in [0.15, 0.2) is 152 Å². The van der Waals surface area contributed by atoms with Crippen LogP contribution in [0.4, 0.5) is 0 Å². The van der Waals surface area contributed by atoms with Crippen LogP contribution in [0.5, 0.6) is 0 Å². The Hall–Kier alpha value is -5.94. The van der Waals surface area contributed by atoms with E-state index >= 15 is 0 Å². The maximum absolute atomic E-state index is 5.36. The number of aromatic nitrogens is 5. The number of para-hydroxylation sites is 3. The molecule has 0 bridgehead atoms. The molecule has 5 nitrogen and oxygen atoms in total. The van der Waals surface area contributed by atoms with E-state index in [0.717, 1.165) is 67.3 Å². The Morgan fingerprint density at radius 2 is 1.12 bits per heavy atom. The third-order valence-electron chi connectivity index (χ3n) is 8.31. The van der Waals surface area contributed by atoms with E-state index in [2.05, 4.69) is 153 Å². The molecule has 0 saturated heterocycles. The van der Waals surface area contributed by atoms with Crippen LogP contribution in [-0.4, -0.2) is 23.5 Å². The number of hydrogen-bond acceptors (Lipinski definition) is 2. The Balaban J connectivity index is 1.32. The molecule has 0 atom stereocenters. The minimum absolute atomic E-state index is 0.881. The van der Waals surface area contributed by atoms with Crippen LogP contribution in [-0.2, 0) is 0 Å². The summed E-state index contributed by atoms with van der Waals surface area (Å²) in [5.74, 6) is 0.881. The van der Waals surface area contributed by atoms with E-state index in [1.54, 1.807) is 0 Å². The van der Waals surface area contributed by atoms with Crippen LogP contribution in [0.2, 0.25) is 0 Å². The lowest BCUT2D eigenvalue weighted by atomic mass is 10.1. The summed E-state index contributed by atoms with van der Waals surface area (Å²) in [4.78, 5) is 10.2. The summed E-state index contributed by atoms with van der Waals surface area (Å²) >= 11 is 0. The van der Waals surface area contributed by atoms with Crippen molar-refractivity contribution < 1.29 is 0 Å². The fraction of sp³-hybridized carbons (Fsp3) is 0. The SMILES string of the molecule is c1ccc(-c2ccc(-c3ccc4c(c3)n(-c3ccccc3)c3nc5c(c6ccccc6n5-c5ccccc5)n43)nc2)cc1. The summed E-state index contributed by atoms with van der Waals surface area (Å²) in [5, 5.41) is 1.17. The first-order valence-corrected chi connectivity index (χ1v) is 14.4. The molecule has 43 heavy (non-hydrogen) atoms. The number of fused-ring (bicyclic) bond motifs is 7. The Bertz CT molecular complexity index is 2410. The van der Waals surface area contributed by atoms with Gasteiger partial charge in [0.2, 0.25) is 5.78 Å². The normalized spacial score (nSPS) is 11.7. The minimum atomic E-state index is 0.881. The molecule has 202 valence electrons. The van der Waals surface area contributed by atoms with Crippen LogP contribution in [0.1, 0.15) is 0 Å². The molecule has 0 N–H and O–H groups in total. The summed E-state index contributed by atoms with van der Waals surface area (Å²) in [6, 6.07) is 50.8. The summed E-state index contributed by atoms with van der Waals surface area (Å²) in [6.07, 6.45) is 1.96. The second kappa shape index (κ2) is 9.29. The zero-order valence-electron chi connectivity index (χ0n) is 23.2. The molecule has 9 aromatic rings. The monoisotopic (exact) mass is 551 g/mol. The number of nitrogens with zero attached hydrogens (tertiary/aromatic N) is 5. The summed E-state index contributed by atoms with van der Waals surface area (Å²) in [5.41, 5.74) is 11.8. The van der Waals surface area contributed by atoms with Crippen molar-refractivity contribution in [2.75, 3.05) is 0 Å². The molecule has 5 aromatic carbocycles. The highest BCUT2D eigenvalue weighted by Crippen LogP contribution is 2.37. The van der Waals surface area contributed by atoms with Crippen LogP contribution in [0.25, 0.3) is 72.6 Å². The molecule has 0 aliphatic heterocycles. The molecule has 5 heteroatoms. The highest BCUT2D eigenvalue weighted by Gasteiger charge is 2.23. The first-order chi connectivity index (χ1) is 21.3. The number of benzene rings is 5. The van der Waals surface area contributed by atoms with E-state index in [4.69, 9.17) is 9.97 Å². The van der Waals surface area contributed by atoms with Gasteiger partial charge in [0.25, 0.3) is 0 Å². The Morgan fingerprint density at radius 3 is 1.84 bits per heavy atom. The fourth-order valence-corrected chi connectivity index (χ4v) is 6.35. The maximum atomic E-state index is 5.36. The predicted molar refractivity (Wildman–Crippen MR) is 175 cm³/mol. The van der Waals surface area contributed by atoms with Gasteiger partial charge in [-0.2, -0.15) is 4.98 Å². The Kier molecular flexibility index (Phi) is 5.13. The number of rotatable bonds is 4. The van der Waals surface area contributed by atoms with Crippen molar-refractivity contribution in [1.29, 1.82) is 0 Å². The minimum Gasteiger partial charge on any atom is -0.292 e. The molecular weight excluding hydrogens is 526 g/mol. The van der Waals surface area contributed by atoms with Crippen LogP contribution in [0.3, 0.4) is 0 Å². The van der Waals surface area contributed by atoms with Gasteiger partial charge in [0.05, 0.1) is 22.2 Å². The van der Waals surface area contributed by atoms with E-state index in [0.29, 0.717) is 0 Å². The first-order valence-electron chi connectivity index (χ1n) is 14.4. The summed E-state index contributed by atoms with van der Waals surface area (Å²) in [7, 11) is 0. The molecule has 0 radical (unpaired) electrons. The molecule has 0 saturated carbocycles. The largest absolute Gasteiger partial charge is 0.292 e. The van der Waals surface area contributed by atoms with Crippen molar-refractivity contribution in [3.8, 4) is 33.8 Å². The van der Waals surface area contributed by atoms with Gasteiger partial charge in [0, 0.05) is 34.1 Å². The van der Waals surface area contributed by atoms with Gasteiger partial charge in [-0.25, -0.2) is 0 Å². The molecule has 9 rings (SSSR count).